The lowest BCUT2D eigenvalue weighted by atomic mass is 10.1. The number of ether oxygens (including phenoxy) is 1. The number of carbonyl (C=O) groups is 3. The predicted molar refractivity (Wildman–Crippen MR) is 120 cm³/mol. The fourth-order valence-corrected chi connectivity index (χ4v) is 4.10. The van der Waals surface area contributed by atoms with Crippen LogP contribution in [0.5, 0.6) is 0 Å². The maximum Gasteiger partial charge on any atom is 0.281 e. The Bertz CT molecular complexity index is 1140. The molecule has 3 aromatic rings. The molecule has 1 aliphatic heterocycles. The van der Waals surface area contributed by atoms with Crippen LogP contribution in [0.1, 0.15) is 25.9 Å². The number of aromatic nitrogens is 2. The summed E-state index contributed by atoms with van der Waals surface area (Å²) in [7, 11) is 0. The Morgan fingerprint density at radius 1 is 1.09 bits per heavy atom. The van der Waals surface area contributed by atoms with Crippen LogP contribution in [0.4, 0.5) is 5.13 Å². The first-order chi connectivity index (χ1) is 16.0. The number of nitrogens with zero attached hydrogens (tertiary/aromatic N) is 3. The Labute approximate surface area is 193 Å². The van der Waals surface area contributed by atoms with Crippen molar-refractivity contribution in [2.45, 2.75) is 6.92 Å². The third kappa shape index (κ3) is 5.54. The van der Waals surface area contributed by atoms with Gasteiger partial charge in [0.2, 0.25) is 0 Å². The van der Waals surface area contributed by atoms with E-state index in [0.717, 1.165) is 10.7 Å². The molecule has 1 saturated heterocycles. The average Bonchev–Trinajstić information content (AvgIpc) is 3.49. The van der Waals surface area contributed by atoms with Crippen molar-refractivity contribution < 1.29 is 23.6 Å². The van der Waals surface area contributed by atoms with Crippen LogP contribution in [0.25, 0.3) is 11.3 Å². The fourth-order valence-electron chi connectivity index (χ4n) is 3.08. The Morgan fingerprint density at radius 2 is 1.85 bits per heavy atom. The molecule has 1 fully saturated rings. The van der Waals surface area contributed by atoms with Crippen LogP contribution in [-0.4, -0.2) is 60.7 Å². The van der Waals surface area contributed by atoms with E-state index in [2.05, 4.69) is 31.2 Å². The zero-order valence-electron chi connectivity index (χ0n) is 17.8. The van der Waals surface area contributed by atoms with Crippen molar-refractivity contribution in [3.05, 3.63) is 52.7 Å². The largest absolute Gasteiger partial charge is 0.378 e. The monoisotopic (exact) mass is 470 g/mol. The number of hydrogen-bond acceptors (Lipinski definition) is 9. The van der Waals surface area contributed by atoms with Crippen LogP contribution in [0.15, 0.2) is 40.9 Å². The lowest BCUT2D eigenvalue weighted by Gasteiger charge is -2.25. The number of hydrazine groups is 1. The van der Waals surface area contributed by atoms with Gasteiger partial charge in [-0.15, -0.1) is 0 Å². The van der Waals surface area contributed by atoms with Gasteiger partial charge in [0.05, 0.1) is 25.5 Å². The second-order valence-electron chi connectivity index (χ2n) is 7.14. The van der Waals surface area contributed by atoms with Crippen molar-refractivity contribution in [1.29, 1.82) is 0 Å². The first-order valence-electron chi connectivity index (χ1n) is 10.2. The van der Waals surface area contributed by atoms with Gasteiger partial charge in [0.1, 0.15) is 4.88 Å². The van der Waals surface area contributed by atoms with Crippen molar-refractivity contribution in [2.75, 3.05) is 37.7 Å². The number of anilines is 1. The zero-order valence-corrected chi connectivity index (χ0v) is 18.6. The van der Waals surface area contributed by atoms with Gasteiger partial charge in [0.25, 0.3) is 17.7 Å². The van der Waals surface area contributed by atoms with Gasteiger partial charge in [0, 0.05) is 24.7 Å². The molecular formula is C21H22N6O5S. The van der Waals surface area contributed by atoms with Crippen molar-refractivity contribution in [3.8, 4) is 11.3 Å². The van der Waals surface area contributed by atoms with Crippen LogP contribution < -0.4 is 21.1 Å². The van der Waals surface area contributed by atoms with Gasteiger partial charge >= 0.3 is 0 Å². The summed E-state index contributed by atoms with van der Waals surface area (Å²) in [5.41, 5.74) is 6.02. The maximum absolute atomic E-state index is 12.5. The number of hydrogen-bond donors (Lipinski definition) is 3. The van der Waals surface area contributed by atoms with Gasteiger partial charge in [-0.05, 0) is 6.92 Å². The lowest BCUT2D eigenvalue weighted by Crippen LogP contribution is -2.46. The van der Waals surface area contributed by atoms with E-state index < -0.39 is 17.7 Å². The number of amides is 3. The molecule has 0 unspecified atom stereocenters. The summed E-state index contributed by atoms with van der Waals surface area (Å²) in [5.74, 6) is -1.21. The van der Waals surface area contributed by atoms with Gasteiger partial charge in [-0.2, -0.15) is 0 Å². The van der Waals surface area contributed by atoms with Gasteiger partial charge in [0.15, 0.2) is 16.6 Å². The molecule has 1 aliphatic rings. The summed E-state index contributed by atoms with van der Waals surface area (Å²) in [4.78, 5) is 43.6. The molecule has 0 saturated carbocycles. The number of benzene rings is 1. The third-order valence-corrected chi connectivity index (χ3v) is 6.02. The van der Waals surface area contributed by atoms with Crippen LogP contribution in [-0.2, 0) is 9.53 Å². The van der Waals surface area contributed by atoms with Gasteiger partial charge < -0.3 is 19.5 Å². The SMILES string of the molecule is Cc1nc(N2CCOCC2)sc1C(=O)NNC(=O)CNC(=O)c1cc(-c2ccccc2)on1. The van der Waals surface area contributed by atoms with Crippen LogP contribution >= 0.6 is 11.3 Å². The molecule has 172 valence electrons. The minimum atomic E-state index is -0.598. The van der Waals surface area contributed by atoms with E-state index in [1.807, 2.05) is 30.3 Å². The highest BCUT2D eigenvalue weighted by Gasteiger charge is 2.21. The minimum Gasteiger partial charge on any atom is -0.378 e. The molecule has 0 spiro atoms. The summed E-state index contributed by atoms with van der Waals surface area (Å²) in [6, 6.07) is 10.7. The van der Waals surface area contributed by atoms with Gasteiger partial charge in [-0.1, -0.05) is 46.8 Å². The molecule has 33 heavy (non-hydrogen) atoms. The predicted octanol–water partition coefficient (Wildman–Crippen LogP) is 1.13. The second-order valence-corrected chi connectivity index (χ2v) is 8.12. The minimum absolute atomic E-state index is 0.0432. The van der Waals surface area contributed by atoms with Crippen molar-refractivity contribution in [1.82, 2.24) is 26.3 Å². The molecule has 12 heteroatoms. The van der Waals surface area contributed by atoms with Crippen molar-refractivity contribution in [3.63, 3.8) is 0 Å². The Hall–Kier alpha value is -3.77. The van der Waals surface area contributed by atoms with E-state index in [-0.39, 0.29) is 12.2 Å². The second kappa shape index (κ2) is 10.2. The Morgan fingerprint density at radius 3 is 2.61 bits per heavy atom. The van der Waals surface area contributed by atoms with E-state index in [9.17, 15) is 14.4 Å². The fraction of sp³-hybridized carbons (Fsp3) is 0.286. The normalized spacial score (nSPS) is 13.4. The van der Waals surface area contributed by atoms with E-state index in [1.54, 1.807) is 6.92 Å². The first-order valence-corrected chi connectivity index (χ1v) is 11.0. The molecule has 3 heterocycles. The van der Waals surface area contributed by atoms with E-state index in [4.69, 9.17) is 9.26 Å². The van der Waals surface area contributed by atoms with Crippen molar-refractivity contribution in [2.24, 2.45) is 0 Å². The number of thiazole rings is 1. The third-order valence-electron chi connectivity index (χ3n) is 4.80. The van der Waals surface area contributed by atoms with E-state index in [1.165, 1.54) is 17.4 Å². The Kier molecular flexibility index (Phi) is 6.95. The van der Waals surface area contributed by atoms with Crippen LogP contribution in [0.2, 0.25) is 0 Å². The summed E-state index contributed by atoms with van der Waals surface area (Å²) < 4.78 is 10.5. The molecule has 1 aromatic carbocycles. The lowest BCUT2D eigenvalue weighted by molar-refractivity contribution is -0.120. The molecule has 3 N–H and O–H groups in total. The van der Waals surface area contributed by atoms with E-state index in [0.29, 0.717) is 42.6 Å². The zero-order chi connectivity index (χ0) is 23.2. The van der Waals surface area contributed by atoms with Gasteiger partial charge in [-0.3, -0.25) is 25.2 Å². The molecule has 0 radical (unpaired) electrons. The smallest absolute Gasteiger partial charge is 0.281 e. The van der Waals surface area contributed by atoms with E-state index >= 15 is 0 Å². The Balaban J connectivity index is 1.25. The van der Waals surface area contributed by atoms with Crippen LogP contribution in [0.3, 0.4) is 0 Å². The average molecular weight is 471 g/mol. The number of rotatable bonds is 6. The summed E-state index contributed by atoms with van der Waals surface area (Å²) in [6.07, 6.45) is 0. The number of morpholine rings is 1. The highest BCUT2D eigenvalue weighted by atomic mass is 32.1. The molecule has 0 bridgehead atoms. The molecule has 4 rings (SSSR count). The maximum atomic E-state index is 12.5. The molecule has 0 aliphatic carbocycles. The first kappa shape index (κ1) is 22.4. The topological polar surface area (TPSA) is 139 Å². The standard InChI is InChI=1S/C21H22N6O5S/c1-13-18(33-21(23-13)27-7-9-31-10-8-27)20(30)25-24-17(28)12-22-19(29)15-11-16(32-26-15)14-5-3-2-4-6-14/h2-6,11H,7-10,12H2,1H3,(H,22,29)(H,24,28)(H,25,30). The summed E-state index contributed by atoms with van der Waals surface area (Å²) >= 11 is 1.25. The summed E-state index contributed by atoms with van der Waals surface area (Å²) in [6.45, 7) is 4.03. The number of aryl methyl sites for hydroxylation is 1. The van der Waals surface area contributed by atoms with Crippen LogP contribution in [0, 0.1) is 6.92 Å². The quantitative estimate of drug-likeness (QED) is 0.456. The number of carbonyl (C=O) groups excluding carboxylic acids is 3. The molecule has 11 nitrogen and oxygen atoms in total. The van der Waals surface area contributed by atoms with Gasteiger partial charge in [-0.25, -0.2) is 4.98 Å². The number of nitrogens with one attached hydrogen (secondary N) is 3. The summed E-state index contributed by atoms with van der Waals surface area (Å²) in [5, 5.41) is 6.90. The molecule has 0 atom stereocenters. The molecule has 3 amide bonds. The molecular weight excluding hydrogens is 448 g/mol. The molecule has 2 aromatic heterocycles. The highest BCUT2D eigenvalue weighted by molar-refractivity contribution is 7.17. The van der Waals surface area contributed by atoms with Crippen molar-refractivity contribution >= 4 is 34.2 Å². The highest BCUT2D eigenvalue weighted by Crippen LogP contribution is 2.26.